The van der Waals surface area contributed by atoms with Gasteiger partial charge in [-0.1, -0.05) is 62.4 Å². The molecule has 0 atom stereocenters. The van der Waals surface area contributed by atoms with Gasteiger partial charge in [0.2, 0.25) is 0 Å². The smallest absolute Gasteiger partial charge is 0.167 e. The predicted octanol–water partition coefficient (Wildman–Crippen LogP) is 4.95. The van der Waals surface area contributed by atoms with Crippen LogP contribution in [0.25, 0.3) is 0 Å². The summed E-state index contributed by atoms with van der Waals surface area (Å²) < 4.78 is 23.8. The van der Waals surface area contributed by atoms with Crippen molar-refractivity contribution in [2.24, 2.45) is 0 Å². The number of ketones is 1. The molecule has 2 aromatic rings. The fourth-order valence-electron chi connectivity index (χ4n) is 2.53. The molecule has 0 saturated heterocycles. The van der Waals surface area contributed by atoms with E-state index in [1.54, 1.807) is 45.0 Å². The van der Waals surface area contributed by atoms with Crippen molar-refractivity contribution >= 4 is 15.6 Å². The molecule has 2 aromatic carbocycles. The Morgan fingerprint density at radius 3 is 1.85 bits per heavy atom. The van der Waals surface area contributed by atoms with E-state index in [0.29, 0.717) is 23.5 Å². The molecule has 3 nitrogen and oxygen atoms in total. The lowest BCUT2D eigenvalue weighted by atomic mass is 9.98. The number of hydrogen-bond acceptors (Lipinski definition) is 3. The summed E-state index contributed by atoms with van der Waals surface area (Å²) in [4.78, 5) is 12.5. The molecule has 0 heterocycles. The average Bonchev–Trinajstić information content (AvgIpc) is 2.54. The molecule has 0 bridgehead atoms. The standard InChI is InChI=1S/C22H28O3S/c1-16(2)19-10-6-17(7-11-19)14-21(23)20-12-8-18(9-13-20)15-26(24,25)22(3,4)5/h6-13,16H,14-15H2,1-5H3. The van der Waals surface area contributed by atoms with Gasteiger partial charge < -0.3 is 0 Å². The Labute approximate surface area is 157 Å². The molecular formula is C22H28O3S. The number of sulfone groups is 1. The first kappa shape index (κ1) is 20.4. The Bertz CT molecular complexity index is 853. The van der Waals surface area contributed by atoms with Gasteiger partial charge in [0.25, 0.3) is 0 Å². The molecule has 0 spiro atoms. The van der Waals surface area contributed by atoms with Gasteiger partial charge in [-0.2, -0.15) is 0 Å². The van der Waals surface area contributed by atoms with Crippen LogP contribution in [0.1, 0.15) is 67.6 Å². The lowest BCUT2D eigenvalue weighted by Crippen LogP contribution is -2.29. The largest absolute Gasteiger partial charge is 0.294 e. The highest BCUT2D eigenvalue weighted by molar-refractivity contribution is 7.91. The summed E-state index contributed by atoms with van der Waals surface area (Å²) in [5.74, 6) is 0.492. The van der Waals surface area contributed by atoms with Crippen LogP contribution < -0.4 is 0 Å². The first-order chi connectivity index (χ1) is 12.0. The molecule has 0 aliphatic carbocycles. The third-order valence-corrected chi connectivity index (χ3v) is 7.16. The molecule has 0 amide bonds. The van der Waals surface area contributed by atoms with Crippen molar-refractivity contribution < 1.29 is 13.2 Å². The summed E-state index contributed by atoms with van der Waals surface area (Å²) in [5, 5.41) is 0. The number of carbonyl (C=O) groups excluding carboxylic acids is 1. The average molecular weight is 373 g/mol. The lowest BCUT2D eigenvalue weighted by molar-refractivity contribution is 0.0993. The normalized spacial score (nSPS) is 12.4. The van der Waals surface area contributed by atoms with Crippen LogP contribution in [0.15, 0.2) is 48.5 Å². The molecule has 2 rings (SSSR count). The SMILES string of the molecule is CC(C)c1ccc(CC(=O)c2ccc(CS(=O)(=O)C(C)(C)C)cc2)cc1. The summed E-state index contributed by atoms with van der Waals surface area (Å²) in [5.41, 5.74) is 3.55. The van der Waals surface area contributed by atoms with Gasteiger partial charge >= 0.3 is 0 Å². The molecule has 0 fully saturated rings. The van der Waals surface area contributed by atoms with E-state index in [9.17, 15) is 13.2 Å². The quantitative estimate of drug-likeness (QED) is 0.674. The number of carbonyl (C=O) groups is 1. The molecule has 0 unspecified atom stereocenters. The number of rotatable bonds is 6. The Balaban J connectivity index is 2.07. The first-order valence-electron chi connectivity index (χ1n) is 8.93. The second-order valence-electron chi connectivity index (χ2n) is 8.06. The predicted molar refractivity (Wildman–Crippen MR) is 107 cm³/mol. The zero-order valence-electron chi connectivity index (χ0n) is 16.2. The van der Waals surface area contributed by atoms with Gasteiger partial charge in [-0.15, -0.1) is 0 Å². The minimum Gasteiger partial charge on any atom is -0.294 e. The van der Waals surface area contributed by atoms with Gasteiger partial charge in [0.15, 0.2) is 15.6 Å². The zero-order valence-corrected chi connectivity index (χ0v) is 17.1. The fourth-order valence-corrected chi connectivity index (χ4v) is 3.59. The molecule has 4 heteroatoms. The Morgan fingerprint density at radius 1 is 0.885 bits per heavy atom. The van der Waals surface area contributed by atoms with Crippen molar-refractivity contribution in [3.05, 3.63) is 70.8 Å². The highest BCUT2D eigenvalue weighted by Crippen LogP contribution is 2.21. The Hall–Kier alpha value is -1.94. The van der Waals surface area contributed by atoms with Crippen molar-refractivity contribution in [3.63, 3.8) is 0 Å². The Morgan fingerprint density at radius 2 is 1.38 bits per heavy atom. The molecule has 0 aliphatic heterocycles. The number of Topliss-reactive ketones (excluding diaryl/α,β-unsaturated/α-hetero) is 1. The van der Waals surface area contributed by atoms with Crippen molar-refractivity contribution in [1.82, 2.24) is 0 Å². The third-order valence-electron chi connectivity index (χ3n) is 4.58. The molecule has 0 radical (unpaired) electrons. The van der Waals surface area contributed by atoms with Crippen LogP contribution in [0.2, 0.25) is 0 Å². The molecule has 0 aromatic heterocycles. The van der Waals surface area contributed by atoms with E-state index in [1.165, 1.54) is 5.56 Å². The van der Waals surface area contributed by atoms with Crippen molar-refractivity contribution in [2.75, 3.05) is 0 Å². The maximum atomic E-state index is 12.5. The summed E-state index contributed by atoms with van der Waals surface area (Å²) >= 11 is 0. The molecule has 0 saturated carbocycles. The second kappa shape index (κ2) is 7.75. The first-order valence-corrected chi connectivity index (χ1v) is 10.6. The summed E-state index contributed by atoms with van der Waals surface area (Å²) in [6.07, 6.45) is 0.345. The van der Waals surface area contributed by atoms with Gasteiger partial charge in [0, 0.05) is 12.0 Å². The van der Waals surface area contributed by atoms with Gasteiger partial charge in [-0.3, -0.25) is 4.79 Å². The number of hydrogen-bond donors (Lipinski definition) is 0. The summed E-state index contributed by atoms with van der Waals surface area (Å²) in [6.45, 7) is 9.38. The van der Waals surface area contributed by atoms with E-state index in [2.05, 4.69) is 26.0 Å². The third kappa shape index (κ3) is 5.04. The topological polar surface area (TPSA) is 51.2 Å². The van der Waals surface area contributed by atoms with Crippen molar-refractivity contribution in [1.29, 1.82) is 0 Å². The van der Waals surface area contributed by atoms with Crippen LogP contribution in [0, 0.1) is 0 Å². The van der Waals surface area contributed by atoms with Gasteiger partial charge in [-0.05, 0) is 43.4 Å². The monoisotopic (exact) mass is 372 g/mol. The minimum atomic E-state index is -3.23. The van der Waals surface area contributed by atoms with Crippen molar-refractivity contribution in [2.45, 2.75) is 57.5 Å². The molecule has 0 N–H and O–H groups in total. The van der Waals surface area contributed by atoms with Crippen LogP contribution >= 0.6 is 0 Å². The highest BCUT2D eigenvalue weighted by Gasteiger charge is 2.28. The van der Waals surface area contributed by atoms with E-state index in [4.69, 9.17) is 0 Å². The minimum absolute atomic E-state index is 0.0123. The van der Waals surface area contributed by atoms with E-state index in [1.807, 2.05) is 12.1 Å². The Kier molecular flexibility index (Phi) is 6.07. The van der Waals surface area contributed by atoms with E-state index < -0.39 is 14.6 Å². The van der Waals surface area contributed by atoms with Gasteiger partial charge in [0.1, 0.15) is 0 Å². The summed E-state index contributed by atoms with van der Waals surface area (Å²) in [6, 6.07) is 15.0. The van der Waals surface area contributed by atoms with Crippen LogP contribution in [0.4, 0.5) is 0 Å². The summed E-state index contributed by atoms with van der Waals surface area (Å²) in [7, 11) is -3.23. The maximum absolute atomic E-state index is 12.5. The zero-order chi connectivity index (χ0) is 19.5. The molecule has 140 valence electrons. The van der Waals surface area contributed by atoms with Crippen LogP contribution in [0.5, 0.6) is 0 Å². The molecule has 0 aliphatic rings. The van der Waals surface area contributed by atoms with Crippen molar-refractivity contribution in [3.8, 4) is 0 Å². The lowest BCUT2D eigenvalue weighted by Gasteiger charge is -2.19. The van der Waals surface area contributed by atoms with E-state index >= 15 is 0 Å². The maximum Gasteiger partial charge on any atom is 0.167 e. The number of benzene rings is 2. The highest BCUT2D eigenvalue weighted by atomic mass is 32.2. The van der Waals surface area contributed by atoms with Crippen LogP contribution in [-0.2, 0) is 22.0 Å². The fraction of sp³-hybridized carbons (Fsp3) is 0.409. The molecular weight excluding hydrogens is 344 g/mol. The van der Waals surface area contributed by atoms with E-state index in [-0.39, 0.29) is 11.5 Å². The van der Waals surface area contributed by atoms with Crippen LogP contribution in [-0.4, -0.2) is 18.9 Å². The van der Waals surface area contributed by atoms with E-state index in [0.717, 1.165) is 5.56 Å². The molecule has 26 heavy (non-hydrogen) atoms. The van der Waals surface area contributed by atoms with Gasteiger partial charge in [0.05, 0.1) is 10.5 Å². The van der Waals surface area contributed by atoms with Gasteiger partial charge in [-0.25, -0.2) is 8.42 Å². The van der Waals surface area contributed by atoms with Crippen LogP contribution in [0.3, 0.4) is 0 Å². The second-order valence-corrected chi connectivity index (χ2v) is 10.8.